The van der Waals surface area contributed by atoms with Crippen molar-refractivity contribution in [2.24, 2.45) is 0 Å². The van der Waals surface area contributed by atoms with Gasteiger partial charge < -0.3 is 10.1 Å². The fraction of sp³-hybridized carbons (Fsp3) is 0.167. The summed E-state index contributed by atoms with van der Waals surface area (Å²) in [5.74, 6) is 0.0177. The number of anilines is 1. The Hall–Kier alpha value is -2.79. The summed E-state index contributed by atoms with van der Waals surface area (Å²) < 4.78 is 33.3. The van der Waals surface area contributed by atoms with Crippen molar-refractivity contribution in [3.05, 3.63) is 88.4 Å². The number of thiocarbonyl (C=S) groups is 1. The van der Waals surface area contributed by atoms with Crippen molar-refractivity contribution in [2.45, 2.75) is 18.4 Å². The lowest BCUT2D eigenvalue weighted by Gasteiger charge is -2.18. The van der Waals surface area contributed by atoms with Crippen molar-refractivity contribution in [1.29, 1.82) is 0 Å². The Bertz CT molecular complexity index is 1270. The summed E-state index contributed by atoms with van der Waals surface area (Å²) in [5, 5.41) is 5.58. The Morgan fingerprint density at radius 3 is 2.38 bits per heavy atom. The van der Waals surface area contributed by atoms with Gasteiger partial charge in [0.2, 0.25) is 10.0 Å². The first kappa shape index (κ1) is 25.8. The Labute approximate surface area is 213 Å². The van der Waals surface area contributed by atoms with Gasteiger partial charge in [0.25, 0.3) is 5.91 Å². The number of nitrogens with one attached hydrogen (secondary N) is 2. The lowest BCUT2D eigenvalue weighted by Crippen LogP contribution is -2.34. The molecule has 1 amide bonds. The first-order valence-corrected chi connectivity index (χ1v) is 13.0. The third kappa shape index (κ3) is 6.63. The summed E-state index contributed by atoms with van der Waals surface area (Å²) in [6.45, 7) is 2.51. The van der Waals surface area contributed by atoms with Crippen LogP contribution in [0.25, 0.3) is 0 Å². The first-order valence-electron chi connectivity index (χ1n) is 10.4. The summed E-state index contributed by atoms with van der Waals surface area (Å²) in [4.78, 5) is 12.8. The largest absolute Gasteiger partial charge is 0.493 e. The van der Waals surface area contributed by atoms with Crippen LogP contribution in [0.5, 0.6) is 5.75 Å². The van der Waals surface area contributed by atoms with E-state index >= 15 is 0 Å². The molecule has 0 aromatic heterocycles. The SMILES string of the molecule is CCOc1ccc(Br)cc1C(=O)NC(=S)Nc1ccc(S(=O)(=O)N(C)Cc2ccccc2)cc1. The van der Waals surface area contributed by atoms with Crippen molar-refractivity contribution < 1.29 is 17.9 Å². The maximum atomic E-state index is 12.9. The molecule has 0 bridgehead atoms. The van der Waals surface area contributed by atoms with Crippen LogP contribution in [0.3, 0.4) is 0 Å². The minimum Gasteiger partial charge on any atom is -0.493 e. The minimum atomic E-state index is -3.67. The first-order chi connectivity index (χ1) is 16.2. The van der Waals surface area contributed by atoms with Crippen LogP contribution in [0.1, 0.15) is 22.8 Å². The van der Waals surface area contributed by atoms with Crippen LogP contribution < -0.4 is 15.4 Å². The van der Waals surface area contributed by atoms with Crippen molar-refractivity contribution in [1.82, 2.24) is 9.62 Å². The topological polar surface area (TPSA) is 87.7 Å². The predicted molar refractivity (Wildman–Crippen MR) is 141 cm³/mol. The number of amides is 1. The lowest BCUT2D eigenvalue weighted by atomic mass is 10.2. The molecule has 0 aliphatic rings. The Kier molecular flexibility index (Phi) is 8.78. The molecule has 3 rings (SSSR count). The van der Waals surface area contributed by atoms with Crippen molar-refractivity contribution in [3.8, 4) is 5.75 Å². The molecule has 10 heteroatoms. The number of nitrogens with zero attached hydrogens (tertiary/aromatic N) is 1. The smallest absolute Gasteiger partial charge is 0.261 e. The van der Waals surface area contributed by atoms with Crippen LogP contribution in [0.15, 0.2) is 82.2 Å². The molecule has 0 spiro atoms. The van der Waals surface area contributed by atoms with Gasteiger partial charge in [-0.1, -0.05) is 46.3 Å². The fourth-order valence-electron chi connectivity index (χ4n) is 3.11. The van der Waals surface area contributed by atoms with Gasteiger partial charge in [-0.3, -0.25) is 10.1 Å². The van der Waals surface area contributed by atoms with E-state index in [1.165, 1.54) is 23.5 Å². The molecule has 0 unspecified atom stereocenters. The third-order valence-corrected chi connectivity index (χ3v) is 7.30. The van der Waals surface area contributed by atoms with Gasteiger partial charge in [0.1, 0.15) is 5.75 Å². The zero-order valence-corrected chi connectivity index (χ0v) is 21.8. The van der Waals surface area contributed by atoms with Crippen molar-refractivity contribution in [3.63, 3.8) is 0 Å². The molecule has 0 radical (unpaired) electrons. The van der Waals surface area contributed by atoms with Crippen LogP contribution in [-0.2, 0) is 16.6 Å². The predicted octanol–water partition coefficient (Wildman–Crippen LogP) is 4.80. The molecular weight excluding hydrogens is 538 g/mol. The van der Waals surface area contributed by atoms with Gasteiger partial charge in [-0.15, -0.1) is 0 Å². The molecule has 0 saturated heterocycles. The Balaban J connectivity index is 1.64. The van der Waals surface area contributed by atoms with Crippen LogP contribution >= 0.6 is 28.1 Å². The molecular formula is C24H24BrN3O4S2. The van der Waals surface area contributed by atoms with Crippen LogP contribution in [0, 0.1) is 0 Å². The van der Waals surface area contributed by atoms with Gasteiger partial charge in [-0.25, -0.2) is 8.42 Å². The highest BCUT2D eigenvalue weighted by Gasteiger charge is 2.21. The maximum Gasteiger partial charge on any atom is 0.261 e. The normalized spacial score (nSPS) is 11.2. The monoisotopic (exact) mass is 561 g/mol. The molecule has 34 heavy (non-hydrogen) atoms. The minimum absolute atomic E-state index is 0.0734. The van der Waals surface area contributed by atoms with E-state index in [-0.39, 0.29) is 16.6 Å². The number of benzene rings is 3. The van der Waals surface area contributed by atoms with Crippen LogP contribution in [0.4, 0.5) is 5.69 Å². The van der Waals surface area contributed by atoms with E-state index in [0.717, 1.165) is 10.0 Å². The van der Waals surface area contributed by atoms with E-state index in [2.05, 4.69) is 26.6 Å². The summed E-state index contributed by atoms with van der Waals surface area (Å²) in [7, 11) is -2.13. The summed E-state index contributed by atoms with van der Waals surface area (Å²) in [6, 6.07) is 20.7. The summed E-state index contributed by atoms with van der Waals surface area (Å²) in [5.41, 5.74) is 1.77. The van der Waals surface area contributed by atoms with E-state index in [0.29, 0.717) is 23.6 Å². The van der Waals surface area contributed by atoms with Gasteiger partial charge in [0.15, 0.2) is 5.11 Å². The van der Waals surface area contributed by atoms with E-state index < -0.39 is 15.9 Å². The van der Waals surface area contributed by atoms with Gasteiger partial charge in [-0.05, 0) is 67.2 Å². The second kappa shape index (κ2) is 11.6. The lowest BCUT2D eigenvalue weighted by molar-refractivity contribution is 0.0974. The van der Waals surface area contributed by atoms with Gasteiger partial charge in [-0.2, -0.15) is 4.31 Å². The number of rotatable bonds is 8. The zero-order valence-electron chi connectivity index (χ0n) is 18.6. The number of carbonyl (C=O) groups excluding carboxylic acids is 1. The van der Waals surface area contributed by atoms with E-state index in [1.54, 1.807) is 30.3 Å². The Morgan fingerprint density at radius 1 is 1.06 bits per heavy atom. The standard InChI is InChI=1S/C24H24BrN3O4S2/c1-3-32-22-14-9-18(25)15-21(22)23(29)27-24(33)26-19-10-12-20(13-11-19)34(30,31)28(2)16-17-7-5-4-6-8-17/h4-15H,3,16H2,1-2H3,(H2,26,27,29,33). The van der Waals surface area contributed by atoms with Crippen molar-refractivity contribution in [2.75, 3.05) is 19.0 Å². The second-order valence-corrected chi connectivity index (χ2v) is 10.6. The van der Waals surface area contributed by atoms with E-state index in [1.807, 2.05) is 37.3 Å². The number of hydrogen-bond donors (Lipinski definition) is 2. The molecule has 0 saturated carbocycles. The highest BCUT2D eigenvalue weighted by atomic mass is 79.9. The number of halogens is 1. The molecule has 0 aliphatic heterocycles. The highest BCUT2D eigenvalue weighted by molar-refractivity contribution is 9.10. The molecule has 178 valence electrons. The third-order valence-electron chi connectivity index (χ3n) is 4.78. The van der Waals surface area contributed by atoms with Gasteiger partial charge in [0.05, 0.1) is 17.1 Å². The molecule has 7 nitrogen and oxygen atoms in total. The fourth-order valence-corrected chi connectivity index (χ4v) is 4.84. The molecule has 0 aliphatic carbocycles. The molecule has 0 atom stereocenters. The van der Waals surface area contributed by atoms with Crippen LogP contribution in [-0.4, -0.2) is 37.4 Å². The Morgan fingerprint density at radius 2 is 1.74 bits per heavy atom. The maximum absolute atomic E-state index is 12.9. The summed E-state index contributed by atoms with van der Waals surface area (Å²) in [6.07, 6.45) is 0. The molecule has 3 aromatic rings. The number of hydrogen-bond acceptors (Lipinski definition) is 5. The van der Waals surface area contributed by atoms with Gasteiger partial charge >= 0.3 is 0 Å². The average Bonchev–Trinajstić information content (AvgIpc) is 2.81. The quantitative estimate of drug-likeness (QED) is 0.384. The highest BCUT2D eigenvalue weighted by Crippen LogP contribution is 2.23. The molecule has 2 N–H and O–H groups in total. The van der Waals surface area contributed by atoms with Crippen LogP contribution in [0.2, 0.25) is 0 Å². The average molecular weight is 563 g/mol. The van der Waals surface area contributed by atoms with E-state index in [4.69, 9.17) is 17.0 Å². The molecule has 0 heterocycles. The van der Waals surface area contributed by atoms with Crippen molar-refractivity contribution >= 4 is 54.9 Å². The molecule has 3 aromatic carbocycles. The zero-order chi connectivity index (χ0) is 24.7. The van der Waals surface area contributed by atoms with Gasteiger partial charge in [0, 0.05) is 23.8 Å². The number of sulfonamides is 1. The van der Waals surface area contributed by atoms with E-state index in [9.17, 15) is 13.2 Å². The molecule has 0 fully saturated rings. The summed E-state index contributed by atoms with van der Waals surface area (Å²) >= 11 is 8.60. The number of ether oxygens (including phenoxy) is 1. The second-order valence-electron chi connectivity index (χ2n) is 7.25. The number of carbonyl (C=O) groups is 1.